The normalized spacial score (nSPS) is 16.1. The lowest BCUT2D eigenvalue weighted by Crippen LogP contribution is -2.22. The molecule has 2 aromatic rings. The molecular formula is C15H21N3O2. The van der Waals surface area contributed by atoms with Gasteiger partial charge in [-0.05, 0) is 24.6 Å². The minimum atomic E-state index is 0.0119. The number of nitrogens with zero attached hydrogens (tertiary/aromatic N) is 3. The van der Waals surface area contributed by atoms with E-state index in [1.807, 2.05) is 10.7 Å². The summed E-state index contributed by atoms with van der Waals surface area (Å²) in [5.74, 6) is 2.07. The monoisotopic (exact) mass is 275 g/mol. The van der Waals surface area contributed by atoms with Gasteiger partial charge in [-0.25, -0.2) is 0 Å². The molecule has 5 nitrogen and oxygen atoms in total. The maximum atomic E-state index is 9.18. The first-order chi connectivity index (χ1) is 9.78. The minimum absolute atomic E-state index is 0.0119. The van der Waals surface area contributed by atoms with Gasteiger partial charge in [0.05, 0.1) is 24.5 Å². The lowest BCUT2D eigenvalue weighted by Gasteiger charge is -2.17. The fourth-order valence-electron chi connectivity index (χ4n) is 2.72. The molecule has 0 bridgehead atoms. The van der Waals surface area contributed by atoms with E-state index in [0.29, 0.717) is 0 Å². The van der Waals surface area contributed by atoms with Crippen LogP contribution in [0.3, 0.4) is 0 Å². The maximum absolute atomic E-state index is 9.18. The Bertz CT molecular complexity index is 573. The van der Waals surface area contributed by atoms with Crippen LogP contribution in [0.5, 0.6) is 0 Å². The van der Waals surface area contributed by atoms with Crippen molar-refractivity contribution in [1.82, 2.24) is 14.7 Å². The van der Waals surface area contributed by atoms with E-state index >= 15 is 0 Å². The first kappa shape index (κ1) is 13.4. The molecule has 0 fully saturated rings. The van der Waals surface area contributed by atoms with Gasteiger partial charge in [-0.3, -0.25) is 9.58 Å². The lowest BCUT2D eigenvalue weighted by atomic mass is 10.3. The van der Waals surface area contributed by atoms with Gasteiger partial charge in [-0.1, -0.05) is 6.92 Å². The van der Waals surface area contributed by atoms with Crippen molar-refractivity contribution in [2.75, 3.05) is 6.54 Å². The SMILES string of the molecule is CCc1ccc(CN2CCCn3nc(CO)cc3C2)o1. The van der Waals surface area contributed by atoms with Crippen LogP contribution in [0.2, 0.25) is 0 Å². The van der Waals surface area contributed by atoms with E-state index < -0.39 is 0 Å². The van der Waals surface area contributed by atoms with Crippen molar-refractivity contribution in [1.29, 1.82) is 0 Å². The summed E-state index contributed by atoms with van der Waals surface area (Å²) >= 11 is 0. The molecule has 0 saturated carbocycles. The van der Waals surface area contributed by atoms with Crippen molar-refractivity contribution >= 4 is 0 Å². The first-order valence-corrected chi connectivity index (χ1v) is 7.25. The predicted octanol–water partition coefficient (Wildman–Crippen LogP) is 1.94. The molecule has 1 aliphatic heterocycles. The van der Waals surface area contributed by atoms with E-state index in [9.17, 15) is 5.11 Å². The average Bonchev–Trinajstić information content (AvgIpc) is 3.02. The van der Waals surface area contributed by atoms with Crippen LogP contribution in [0.25, 0.3) is 0 Å². The molecular weight excluding hydrogens is 254 g/mol. The van der Waals surface area contributed by atoms with E-state index in [1.165, 1.54) is 5.69 Å². The molecule has 3 heterocycles. The summed E-state index contributed by atoms with van der Waals surface area (Å²) in [6, 6.07) is 6.12. The summed E-state index contributed by atoms with van der Waals surface area (Å²) < 4.78 is 7.81. The molecule has 0 spiro atoms. The van der Waals surface area contributed by atoms with Crippen molar-refractivity contribution in [2.45, 2.75) is 46.0 Å². The van der Waals surface area contributed by atoms with Crippen molar-refractivity contribution in [3.8, 4) is 0 Å². The zero-order valence-electron chi connectivity index (χ0n) is 11.9. The molecule has 0 aromatic carbocycles. The number of rotatable bonds is 4. The molecule has 1 aliphatic rings. The zero-order valence-corrected chi connectivity index (χ0v) is 11.9. The summed E-state index contributed by atoms with van der Waals surface area (Å²) in [5.41, 5.74) is 1.93. The third kappa shape index (κ3) is 2.78. The topological polar surface area (TPSA) is 54.4 Å². The fraction of sp³-hybridized carbons (Fsp3) is 0.533. The Balaban J connectivity index is 1.71. The average molecular weight is 275 g/mol. The quantitative estimate of drug-likeness (QED) is 0.926. The maximum Gasteiger partial charge on any atom is 0.118 e. The van der Waals surface area contributed by atoms with Crippen molar-refractivity contribution in [3.63, 3.8) is 0 Å². The van der Waals surface area contributed by atoms with Crippen LogP contribution >= 0.6 is 0 Å². The number of fused-ring (bicyclic) bond motifs is 1. The Labute approximate surface area is 118 Å². The largest absolute Gasteiger partial charge is 0.465 e. The molecule has 0 radical (unpaired) electrons. The van der Waals surface area contributed by atoms with E-state index in [0.717, 1.165) is 56.2 Å². The molecule has 0 unspecified atom stereocenters. The highest BCUT2D eigenvalue weighted by molar-refractivity contribution is 5.11. The highest BCUT2D eigenvalue weighted by atomic mass is 16.3. The lowest BCUT2D eigenvalue weighted by molar-refractivity contribution is 0.236. The van der Waals surface area contributed by atoms with Gasteiger partial charge in [0.1, 0.15) is 11.5 Å². The number of aliphatic hydroxyl groups excluding tert-OH is 1. The van der Waals surface area contributed by atoms with Crippen LogP contribution < -0.4 is 0 Å². The van der Waals surface area contributed by atoms with E-state index in [-0.39, 0.29) is 6.61 Å². The molecule has 108 valence electrons. The van der Waals surface area contributed by atoms with Crippen LogP contribution in [0.1, 0.15) is 36.3 Å². The van der Waals surface area contributed by atoms with E-state index in [2.05, 4.69) is 29.1 Å². The molecule has 2 aromatic heterocycles. The van der Waals surface area contributed by atoms with Gasteiger partial charge in [0.15, 0.2) is 0 Å². The van der Waals surface area contributed by atoms with Gasteiger partial charge in [-0.15, -0.1) is 0 Å². The highest BCUT2D eigenvalue weighted by Crippen LogP contribution is 2.17. The molecule has 0 atom stereocenters. The fourth-order valence-corrected chi connectivity index (χ4v) is 2.72. The summed E-state index contributed by atoms with van der Waals surface area (Å²) in [4.78, 5) is 2.37. The van der Waals surface area contributed by atoms with Crippen LogP contribution in [0, 0.1) is 0 Å². The Morgan fingerprint density at radius 2 is 2.15 bits per heavy atom. The van der Waals surface area contributed by atoms with Crippen LogP contribution in [0.4, 0.5) is 0 Å². The first-order valence-electron chi connectivity index (χ1n) is 7.25. The van der Waals surface area contributed by atoms with Gasteiger partial charge in [-0.2, -0.15) is 5.10 Å². The number of aromatic nitrogens is 2. The van der Waals surface area contributed by atoms with Gasteiger partial charge < -0.3 is 9.52 Å². The number of furan rings is 1. The van der Waals surface area contributed by atoms with Crippen LogP contribution in [-0.2, 0) is 32.7 Å². The van der Waals surface area contributed by atoms with Gasteiger partial charge >= 0.3 is 0 Å². The molecule has 1 N–H and O–H groups in total. The van der Waals surface area contributed by atoms with E-state index in [4.69, 9.17) is 4.42 Å². The summed E-state index contributed by atoms with van der Waals surface area (Å²) in [6.07, 6.45) is 2.01. The molecule has 20 heavy (non-hydrogen) atoms. The summed E-state index contributed by atoms with van der Waals surface area (Å²) in [6.45, 7) is 5.76. The molecule has 0 amide bonds. The van der Waals surface area contributed by atoms with Crippen LogP contribution in [0.15, 0.2) is 22.6 Å². The number of aliphatic hydroxyl groups is 1. The number of aryl methyl sites for hydroxylation is 2. The minimum Gasteiger partial charge on any atom is -0.465 e. The Morgan fingerprint density at radius 3 is 2.90 bits per heavy atom. The van der Waals surface area contributed by atoms with Gasteiger partial charge in [0.2, 0.25) is 0 Å². The number of hydrogen-bond donors (Lipinski definition) is 1. The summed E-state index contributed by atoms with van der Waals surface area (Å²) in [7, 11) is 0. The smallest absolute Gasteiger partial charge is 0.118 e. The number of hydrogen-bond acceptors (Lipinski definition) is 4. The van der Waals surface area contributed by atoms with Gasteiger partial charge in [0, 0.05) is 26.1 Å². The Hall–Kier alpha value is -1.59. The molecule has 3 rings (SSSR count). The third-order valence-corrected chi connectivity index (χ3v) is 3.75. The van der Waals surface area contributed by atoms with Gasteiger partial charge in [0.25, 0.3) is 0 Å². The molecule has 0 saturated heterocycles. The Morgan fingerprint density at radius 1 is 1.30 bits per heavy atom. The highest BCUT2D eigenvalue weighted by Gasteiger charge is 2.17. The molecule has 5 heteroatoms. The third-order valence-electron chi connectivity index (χ3n) is 3.75. The van der Waals surface area contributed by atoms with Crippen molar-refractivity contribution in [3.05, 3.63) is 41.1 Å². The Kier molecular flexibility index (Phi) is 3.89. The standard InChI is InChI=1S/C15H21N3O2/c1-2-14-4-5-15(20-14)10-17-6-3-7-18-13(9-17)8-12(11-19)16-18/h4-5,8,19H,2-3,6-7,9-11H2,1H3. The van der Waals surface area contributed by atoms with Crippen LogP contribution in [-0.4, -0.2) is 26.3 Å². The zero-order chi connectivity index (χ0) is 13.9. The second kappa shape index (κ2) is 5.81. The van der Waals surface area contributed by atoms with Crippen molar-refractivity contribution < 1.29 is 9.52 Å². The second-order valence-corrected chi connectivity index (χ2v) is 5.29. The predicted molar refractivity (Wildman–Crippen MR) is 75.0 cm³/mol. The second-order valence-electron chi connectivity index (χ2n) is 5.29. The van der Waals surface area contributed by atoms with E-state index in [1.54, 1.807) is 0 Å². The van der Waals surface area contributed by atoms with Crippen molar-refractivity contribution in [2.24, 2.45) is 0 Å². The molecule has 0 aliphatic carbocycles. The summed E-state index contributed by atoms with van der Waals surface area (Å²) in [5, 5.41) is 13.6.